The molecule has 0 amide bonds. The summed E-state index contributed by atoms with van der Waals surface area (Å²) in [6, 6.07) is 11.4. The third kappa shape index (κ3) is 1.61. The third-order valence-corrected chi connectivity index (χ3v) is 3.19. The van der Waals surface area contributed by atoms with Gasteiger partial charge < -0.3 is 4.57 Å². The summed E-state index contributed by atoms with van der Waals surface area (Å²) in [4.78, 5) is 12.3. The highest BCUT2D eigenvalue weighted by Gasteiger charge is 2.18. The number of aryl methyl sites for hydroxylation is 1. The highest BCUT2D eigenvalue weighted by Crippen LogP contribution is 2.22. The molecule has 98 valence electrons. The van der Waals surface area contributed by atoms with Crippen LogP contribution in [0.5, 0.6) is 0 Å². The summed E-state index contributed by atoms with van der Waals surface area (Å²) in [7, 11) is 0. The van der Waals surface area contributed by atoms with Gasteiger partial charge in [-0.25, -0.2) is 4.40 Å². The van der Waals surface area contributed by atoms with Crippen LogP contribution in [0.4, 0.5) is 0 Å². The maximum Gasteiger partial charge on any atom is 0.278 e. The van der Waals surface area contributed by atoms with Gasteiger partial charge in [-0.15, -0.1) is 10.2 Å². The largest absolute Gasteiger partial charge is 0.308 e. The molecule has 6 heteroatoms. The van der Waals surface area contributed by atoms with Crippen LogP contribution in [0.1, 0.15) is 12.5 Å². The Bertz CT molecular complexity index is 870. The number of fused-ring (bicyclic) bond motifs is 1. The number of aromatic nitrogens is 4. The molecule has 0 radical (unpaired) electrons. The van der Waals surface area contributed by atoms with Gasteiger partial charge in [0, 0.05) is 6.54 Å². The van der Waals surface area contributed by atoms with Gasteiger partial charge in [0.15, 0.2) is 0 Å². The molecule has 1 aromatic carbocycles. The first-order chi connectivity index (χ1) is 9.77. The predicted molar refractivity (Wildman–Crippen MR) is 73.1 cm³/mol. The molecule has 2 aromatic heterocycles. The van der Waals surface area contributed by atoms with E-state index in [4.69, 9.17) is 0 Å². The SMILES string of the molecule is CCn1c(-c2ccccc2)c(C#N)c(=O)n2cnnc12. The second-order valence-corrected chi connectivity index (χ2v) is 4.25. The average Bonchev–Trinajstić information content (AvgIpc) is 2.97. The van der Waals surface area contributed by atoms with Gasteiger partial charge in [-0.05, 0) is 12.5 Å². The number of nitriles is 1. The number of nitrogens with zero attached hydrogens (tertiary/aromatic N) is 5. The van der Waals surface area contributed by atoms with Crippen molar-refractivity contribution in [2.45, 2.75) is 13.5 Å². The van der Waals surface area contributed by atoms with Crippen molar-refractivity contribution in [3.05, 3.63) is 52.6 Å². The van der Waals surface area contributed by atoms with Crippen molar-refractivity contribution < 1.29 is 0 Å². The first-order valence-corrected chi connectivity index (χ1v) is 6.20. The van der Waals surface area contributed by atoms with Crippen molar-refractivity contribution in [1.29, 1.82) is 5.26 Å². The lowest BCUT2D eigenvalue weighted by Gasteiger charge is -2.14. The zero-order valence-corrected chi connectivity index (χ0v) is 10.8. The molecule has 0 unspecified atom stereocenters. The van der Waals surface area contributed by atoms with Crippen molar-refractivity contribution >= 4 is 5.78 Å². The van der Waals surface area contributed by atoms with E-state index < -0.39 is 5.56 Å². The van der Waals surface area contributed by atoms with E-state index in [1.165, 1.54) is 10.7 Å². The highest BCUT2D eigenvalue weighted by molar-refractivity contribution is 5.68. The number of hydrogen-bond acceptors (Lipinski definition) is 4. The smallest absolute Gasteiger partial charge is 0.278 e. The zero-order valence-electron chi connectivity index (χ0n) is 10.8. The van der Waals surface area contributed by atoms with Crippen LogP contribution in [-0.2, 0) is 6.54 Å². The fourth-order valence-corrected chi connectivity index (χ4v) is 2.31. The Morgan fingerprint density at radius 2 is 2.05 bits per heavy atom. The molecule has 0 saturated heterocycles. The Hall–Kier alpha value is -2.94. The molecule has 2 heterocycles. The lowest BCUT2D eigenvalue weighted by atomic mass is 10.1. The molecule has 0 aliphatic rings. The van der Waals surface area contributed by atoms with E-state index in [0.29, 0.717) is 18.0 Å². The summed E-state index contributed by atoms with van der Waals surface area (Å²) in [5.41, 5.74) is 1.11. The molecule has 0 atom stereocenters. The number of benzene rings is 1. The Labute approximate surface area is 114 Å². The molecular weight excluding hydrogens is 254 g/mol. The fraction of sp³-hybridized carbons (Fsp3) is 0.143. The van der Waals surface area contributed by atoms with Crippen LogP contribution in [-0.4, -0.2) is 19.2 Å². The van der Waals surface area contributed by atoms with E-state index in [1.807, 2.05) is 47.9 Å². The van der Waals surface area contributed by atoms with Crippen LogP contribution < -0.4 is 5.56 Å². The summed E-state index contributed by atoms with van der Waals surface area (Å²) in [6.07, 6.45) is 1.33. The first kappa shape index (κ1) is 12.1. The van der Waals surface area contributed by atoms with E-state index >= 15 is 0 Å². The molecule has 0 N–H and O–H groups in total. The van der Waals surface area contributed by atoms with Gasteiger partial charge in [-0.3, -0.25) is 4.79 Å². The quantitative estimate of drug-likeness (QED) is 0.702. The molecule has 0 saturated carbocycles. The maximum atomic E-state index is 12.3. The monoisotopic (exact) mass is 265 g/mol. The molecule has 0 spiro atoms. The van der Waals surface area contributed by atoms with Crippen LogP contribution in [0, 0.1) is 11.3 Å². The first-order valence-electron chi connectivity index (χ1n) is 6.20. The van der Waals surface area contributed by atoms with Gasteiger partial charge in [0.05, 0.1) is 5.69 Å². The number of hydrogen-bond donors (Lipinski definition) is 0. The summed E-state index contributed by atoms with van der Waals surface area (Å²) in [5, 5.41) is 17.1. The predicted octanol–water partition coefficient (Wildman–Crippen LogP) is 1.45. The van der Waals surface area contributed by atoms with Gasteiger partial charge in [-0.2, -0.15) is 5.26 Å². The summed E-state index contributed by atoms with van der Waals surface area (Å²) in [6.45, 7) is 2.52. The van der Waals surface area contributed by atoms with Crippen LogP contribution >= 0.6 is 0 Å². The van der Waals surface area contributed by atoms with Gasteiger partial charge in [-0.1, -0.05) is 30.3 Å². The molecule has 0 fully saturated rings. The minimum Gasteiger partial charge on any atom is -0.308 e. The minimum atomic E-state index is -0.393. The van der Waals surface area contributed by atoms with Crippen molar-refractivity contribution in [3.8, 4) is 17.3 Å². The minimum absolute atomic E-state index is 0.102. The lowest BCUT2D eigenvalue weighted by Crippen LogP contribution is -2.22. The summed E-state index contributed by atoms with van der Waals surface area (Å²) < 4.78 is 3.12. The van der Waals surface area contributed by atoms with Gasteiger partial charge >= 0.3 is 0 Å². The Morgan fingerprint density at radius 3 is 2.70 bits per heavy atom. The number of rotatable bonds is 2. The molecule has 3 rings (SSSR count). The Balaban J connectivity index is 2.53. The van der Waals surface area contributed by atoms with Crippen molar-refractivity contribution in [3.63, 3.8) is 0 Å². The standard InChI is InChI=1S/C14H11N5O/c1-2-18-12(10-6-4-3-5-7-10)11(8-15)13(20)19-9-16-17-14(18)19/h3-7,9H,2H2,1H3. The topological polar surface area (TPSA) is 76.0 Å². The Kier molecular flexibility index (Phi) is 2.80. The van der Waals surface area contributed by atoms with Gasteiger partial charge in [0.25, 0.3) is 5.56 Å². The average molecular weight is 265 g/mol. The van der Waals surface area contributed by atoms with Gasteiger partial charge in [0.2, 0.25) is 5.78 Å². The fourth-order valence-electron chi connectivity index (χ4n) is 2.31. The zero-order chi connectivity index (χ0) is 14.1. The molecule has 0 aliphatic carbocycles. The summed E-state index contributed by atoms with van der Waals surface area (Å²) >= 11 is 0. The lowest BCUT2D eigenvalue weighted by molar-refractivity contribution is 0.752. The molecule has 6 nitrogen and oxygen atoms in total. The molecule has 0 aliphatic heterocycles. The normalized spacial score (nSPS) is 10.6. The maximum absolute atomic E-state index is 12.3. The third-order valence-electron chi connectivity index (χ3n) is 3.19. The van der Waals surface area contributed by atoms with E-state index in [2.05, 4.69) is 10.2 Å². The van der Waals surface area contributed by atoms with Crippen molar-refractivity contribution in [2.75, 3.05) is 0 Å². The van der Waals surface area contributed by atoms with Gasteiger partial charge in [0.1, 0.15) is 18.0 Å². The van der Waals surface area contributed by atoms with E-state index in [9.17, 15) is 10.1 Å². The second kappa shape index (κ2) is 4.63. The molecular formula is C14H11N5O. The molecule has 3 aromatic rings. The van der Waals surface area contributed by atoms with Crippen molar-refractivity contribution in [1.82, 2.24) is 19.2 Å². The van der Waals surface area contributed by atoms with E-state index in [1.54, 1.807) is 0 Å². The second-order valence-electron chi connectivity index (χ2n) is 4.25. The van der Waals surface area contributed by atoms with E-state index in [-0.39, 0.29) is 5.56 Å². The van der Waals surface area contributed by atoms with Crippen LogP contribution in [0.3, 0.4) is 0 Å². The van der Waals surface area contributed by atoms with E-state index in [0.717, 1.165) is 5.56 Å². The summed E-state index contributed by atoms with van der Waals surface area (Å²) in [5.74, 6) is 0.440. The molecule has 0 bridgehead atoms. The van der Waals surface area contributed by atoms with Crippen molar-refractivity contribution in [2.24, 2.45) is 0 Å². The van der Waals surface area contributed by atoms with Crippen LogP contribution in [0.25, 0.3) is 17.0 Å². The molecule has 20 heavy (non-hydrogen) atoms. The van der Waals surface area contributed by atoms with Crippen LogP contribution in [0.15, 0.2) is 41.5 Å². The highest BCUT2D eigenvalue weighted by atomic mass is 16.1. The Morgan fingerprint density at radius 1 is 1.30 bits per heavy atom. The van der Waals surface area contributed by atoms with Crippen LogP contribution in [0.2, 0.25) is 0 Å².